The SMILES string of the molecule is CCCC(N[C@@H](CC)CO)c1ccccc1. The van der Waals surface area contributed by atoms with Gasteiger partial charge in [0, 0.05) is 12.1 Å². The Morgan fingerprint density at radius 3 is 2.38 bits per heavy atom. The van der Waals surface area contributed by atoms with E-state index < -0.39 is 0 Å². The number of aliphatic hydroxyl groups is 1. The topological polar surface area (TPSA) is 32.3 Å². The zero-order valence-electron chi connectivity index (χ0n) is 10.3. The summed E-state index contributed by atoms with van der Waals surface area (Å²) in [5, 5.41) is 12.7. The molecule has 0 aliphatic carbocycles. The summed E-state index contributed by atoms with van der Waals surface area (Å²) < 4.78 is 0. The van der Waals surface area contributed by atoms with Crippen molar-refractivity contribution in [2.75, 3.05) is 6.61 Å². The van der Waals surface area contributed by atoms with Crippen molar-refractivity contribution in [2.24, 2.45) is 0 Å². The molecule has 0 saturated heterocycles. The van der Waals surface area contributed by atoms with Crippen molar-refractivity contribution < 1.29 is 5.11 Å². The van der Waals surface area contributed by atoms with E-state index in [1.807, 2.05) is 6.07 Å². The van der Waals surface area contributed by atoms with E-state index in [0.717, 1.165) is 19.3 Å². The van der Waals surface area contributed by atoms with Gasteiger partial charge in [-0.15, -0.1) is 0 Å². The molecule has 0 bridgehead atoms. The first-order valence-corrected chi connectivity index (χ1v) is 6.23. The summed E-state index contributed by atoms with van der Waals surface area (Å²) in [6.07, 6.45) is 3.22. The van der Waals surface area contributed by atoms with Gasteiger partial charge in [0.1, 0.15) is 0 Å². The maximum atomic E-state index is 9.23. The van der Waals surface area contributed by atoms with Gasteiger partial charge in [-0.3, -0.25) is 0 Å². The molecule has 2 nitrogen and oxygen atoms in total. The third-order valence-corrected chi connectivity index (χ3v) is 2.93. The van der Waals surface area contributed by atoms with Crippen molar-refractivity contribution in [1.82, 2.24) is 5.32 Å². The normalized spacial score (nSPS) is 14.7. The van der Waals surface area contributed by atoms with E-state index in [2.05, 4.69) is 43.4 Å². The lowest BCUT2D eigenvalue weighted by Gasteiger charge is -2.24. The Morgan fingerprint density at radius 2 is 1.88 bits per heavy atom. The minimum atomic E-state index is 0.205. The molecule has 0 aliphatic heterocycles. The van der Waals surface area contributed by atoms with Gasteiger partial charge in [-0.2, -0.15) is 0 Å². The quantitative estimate of drug-likeness (QED) is 0.742. The van der Waals surface area contributed by atoms with Crippen LogP contribution in [0.15, 0.2) is 30.3 Å². The van der Waals surface area contributed by atoms with Gasteiger partial charge < -0.3 is 10.4 Å². The molecule has 2 atom stereocenters. The van der Waals surface area contributed by atoms with Crippen LogP contribution in [0.1, 0.15) is 44.7 Å². The van der Waals surface area contributed by atoms with E-state index in [0.29, 0.717) is 6.04 Å². The number of benzene rings is 1. The average molecular weight is 221 g/mol. The molecule has 0 radical (unpaired) electrons. The highest BCUT2D eigenvalue weighted by molar-refractivity contribution is 5.18. The van der Waals surface area contributed by atoms with Crippen molar-refractivity contribution in [3.63, 3.8) is 0 Å². The first-order chi connectivity index (χ1) is 7.81. The molecule has 0 fully saturated rings. The van der Waals surface area contributed by atoms with E-state index in [1.165, 1.54) is 5.56 Å². The molecule has 0 aromatic heterocycles. The van der Waals surface area contributed by atoms with Gasteiger partial charge in [0.05, 0.1) is 6.61 Å². The van der Waals surface area contributed by atoms with Gasteiger partial charge in [-0.25, -0.2) is 0 Å². The Balaban J connectivity index is 2.67. The third-order valence-electron chi connectivity index (χ3n) is 2.93. The van der Waals surface area contributed by atoms with Crippen molar-refractivity contribution in [3.8, 4) is 0 Å². The van der Waals surface area contributed by atoms with Crippen LogP contribution in [0.25, 0.3) is 0 Å². The second-order valence-electron chi connectivity index (χ2n) is 4.21. The molecule has 16 heavy (non-hydrogen) atoms. The summed E-state index contributed by atoms with van der Waals surface area (Å²) in [6.45, 7) is 4.50. The molecule has 0 spiro atoms. The molecule has 0 saturated carbocycles. The fourth-order valence-corrected chi connectivity index (χ4v) is 1.90. The second kappa shape index (κ2) is 7.42. The maximum absolute atomic E-state index is 9.23. The highest BCUT2D eigenvalue weighted by Crippen LogP contribution is 2.19. The van der Waals surface area contributed by atoms with Crippen LogP contribution in [0, 0.1) is 0 Å². The number of rotatable bonds is 7. The largest absolute Gasteiger partial charge is 0.395 e. The van der Waals surface area contributed by atoms with Crippen LogP contribution < -0.4 is 5.32 Å². The molecule has 2 heteroatoms. The van der Waals surface area contributed by atoms with Gasteiger partial charge in [0.2, 0.25) is 0 Å². The third kappa shape index (κ3) is 3.95. The molecular weight excluding hydrogens is 198 g/mol. The summed E-state index contributed by atoms with van der Waals surface area (Å²) in [4.78, 5) is 0. The van der Waals surface area contributed by atoms with Crippen molar-refractivity contribution in [1.29, 1.82) is 0 Å². The summed E-state index contributed by atoms with van der Waals surface area (Å²) in [5.41, 5.74) is 1.32. The van der Waals surface area contributed by atoms with E-state index >= 15 is 0 Å². The molecule has 1 rings (SSSR count). The molecule has 1 aromatic carbocycles. The summed E-state index contributed by atoms with van der Waals surface area (Å²) in [7, 11) is 0. The molecular formula is C14H23NO. The van der Waals surface area contributed by atoms with Gasteiger partial charge in [-0.05, 0) is 18.4 Å². The Bertz CT molecular complexity index is 269. The maximum Gasteiger partial charge on any atom is 0.0584 e. The number of nitrogens with one attached hydrogen (secondary N) is 1. The number of hydrogen-bond donors (Lipinski definition) is 2. The Hall–Kier alpha value is -0.860. The fourth-order valence-electron chi connectivity index (χ4n) is 1.90. The highest BCUT2D eigenvalue weighted by atomic mass is 16.3. The smallest absolute Gasteiger partial charge is 0.0584 e. The molecule has 1 aromatic rings. The fraction of sp³-hybridized carbons (Fsp3) is 0.571. The molecule has 1 unspecified atom stereocenters. The minimum absolute atomic E-state index is 0.205. The van der Waals surface area contributed by atoms with Crippen molar-refractivity contribution >= 4 is 0 Å². The zero-order chi connectivity index (χ0) is 11.8. The standard InChI is InChI=1S/C14H23NO/c1-3-8-14(15-13(4-2)11-16)12-9-6-5-7-10-12/h5-7,9-10,13-16H,3-4,8,11H2,1-2H3/t13-,14?/m0/s1. The average Bonchev–Trinajstić information content (AvgIpc) is 2.35. The Morgan fingerprint density at radius 1 is 1.19 bits per heavy atom. The zero-order valence-corrected chi connectivity index (χ0v) is 10.3. The van der Waals surface area contributed by atoms with Crippen LogP contribution in [0.3, 0.4) is 0 Å². The van der Waals surface area contributed by atoms with Gasteiger partial charge >= 0.3 is 0 Å². The predicted molar refractivity (Wildman–Crippen MR) is 68.4 cm³/mol. The molecule has 0 aliphatic rings. The van der Waals surface area contributed by atoms with E-state index in [1.54, 1.807) is 0 Å². The van der Waals surface area contributed by atoms with Crippen LogP contribution in [0.4, 0.5) is 0 Å². The lowest BCUT2D eigenvalue weighted by molar-refractivity contribution is 0.225. The van der Waals surface area contributed by atoms with E-state index in [-0.39, 0.29) is 12.6 Å². The molecule has 0 amide bonds. The van der Waals surface area contributed by atoms with Gasteiger partial charge in [0.15, 0.2) is 0 Å². The number of aliphatic hydroxyl groups excluding tert-OH is 1. The van der Waals surface area contributed by atoms with Crippen LogP contribution in [0.5, 0.6) is 0 Å². The van der Waals surface area contributed by atoms with E-state index in [9.17, 15) is 5.11 Å². The minimum Gasteiger partial charge on any atom is -0.395 e. The lowest BCUT2D eigenvalue weighted by atomic mass is 10.0. The van der Waals surface area contributed by atoms with Crippen LogP contribution >= 0.6 is 0 Å². The van der Waals surface area contributed by atoms with Crippen LogP contribution in [-0.4, -0.2) is 17.8 Å². The first-order valence-electron chi connectivity index (χ1n) is 6.23. The number of hydrogen-bond acceptors (Lipinski definition) is 2. The Labute approximate surface area is 98.7 Å². The predicted octanol–water partition coefficient (Wildman–Crippen LogP) is 2.89. The van der Waals surface area contributed by atoms with Crippen LogP contribution in [-0.2, 0) is 0 Å². The highest BCUT2D eigenvalue weighted by Gasteiger charge is 2.14. The first kappa shape index (κ1) is 13.2. The Kier molecular flexibility index (Phi) is 6.12. The monoisotopic (exact) mass is 221 g/mol. The summed E-state index contributed by atoms with van der Waals surface area (Å²) in [5.74, 6) is 0. The lowest BCUT2D eigenvalue weighted by Crippen LogP contribution is -2.35. The second-order valence-corrected chi connectivity index (χ2v) is 4.21. The van der Waals surface area contributed by atoms with Gasteiger partial charge in [0.25, 0.3) is 0 Å². The molecule has 2 N–H and O–H groups in total. The molecule has 90 valence electrons. The van der Waals surface area contributed by atoms with Crippen LogP contribution in [0.2, 0.25) is 0 Å². The van der Waals surface area contributed by atoms with Crippen molar-refractivity contribution in [3.05, 3.63) is 35.9 Å². The van der Waals surface area contributed by atoms with E-state index in [4.69, 9.17) is 0 Å². The van der Waals surface area contributed by atoms with Crippen molar-refractivity contribution in [2.45, 2.75) is 45.2 Å². The van der Waals surface area contributed by atoms with Gasteiger partial charge in [-0.1, -0.05) is 50.6 Å². The summed E-state index contributed by atoms with van der Waals surface area (Å²) in [6, 6.07) is 11.0. The molecule has 0 heterocycles. The summed E-state index contributed by atoms with van der Waals surface area (Å²) >= 11 is 0.